The predicted molar refractivity (Wildman–Crippen MR) is 214 cm³/mol. The molecule has 6 aromatic rings. The zero-order valence-electron chi connectivity index (χ0n) is 31.1. The lowest BCUT2D eigenvalue weighted by molar-refractivity contribution is 0.0910. The van der Waals surface area contributed by atoms with Gasteiger partial charge in [0, 0.05) is 34.9 Å². The van der Waals surface area contributed by atoms with Gasteiger partial charge in [-0.2, -0.15) is 0 Å². The van der Waals surface area contributed by atoms with Crippen molar-refractivity contribution in [2.45, 2.75) is 32.6 Å². The number of aryl methyl sites for hydroxylation is 1. The highest BCUT2D eigenvalue weighted by atomic mass is 16.2. The van der Waals surface area contributed by atoms with Crippen LogP contribution in [-0.4, -0.2) is 45.3 Å². The predicted octanol–water partition coefficient (Wildman–Crippen LogP) is 6.97. The molecule has 12 heteroatoms. The Hall–Kier alpha value is -7.60. The number of imide groups is 2. The van der Waals surface area contributed by atoms with Crippen molar-refractivity contribution in [1.29, 1.82) is 0 Å². The molecule has 12 nitrogen and oxygen atoms in total. The summed E-state index contributed by atoms with van der Waals surface area (Å²) in [5, 5.41) is 2.71. The number of nitrogens with one attached hydrogen (secondary N) is 1. The van der Waals surface area contributed by atoms with Gasteiger partial charge in [0.15, 0.2) is 5.78 Å². The summed E-state index contributed by atoms with van der Waals surface area (Å²) in [6.07, 6.45) is 3.19. The third-order valence-corrected chi connectivity index (χ3v) is 10.4. The number of Topliss-reactive ketones (excluding diaryl/α,β-unsaturated/α-hetero) is 1. The summed E-state index contributed by atoms with van der Waals surface area (Å²) in [6.45, 7) is 5.89. The molecule has 2 aliphatic rings. The lowest BCUT2D eigenvalue weighted by atomic mass is 9.78. The van der Waals surface area contributed by atoms with E-state index in [0.29, 0.717) is 28.4 Å². The number of hydrogen-bond acceptors (Lipinski definition) is 9. The Morgan fingerprint density at radius 2 is 1.14 bits per heavy atom. The van der Waals surface area contributed by atoms with Crippen LogP contribution in [0.4, 0.5) is 22.9 Å². The lowest BCUT2D eigenvalue weighted by Crippen LogP contribution is -2.30. The van der Waals surface area contributed by atoms with Crippen LogP contribution in [0.5, 0.6) is 0 Å². The number of fused-ring (bicyclic) bond motifs is 2. The highest BCUT2D eigenvalue weighted by Crippen LogP contribution is 2.37. The number of aromatic nitrogens is 2. The molecular formula is C45H34N6O6. The molecule has 4 heterocycles. The quantitative estimate of drug-likeness (QED) is 0.117. The number of pyridine rings is 2. The first-order chi connectivity index (χ1) is 27.3. The summed E-state index contributed by atoms with van der Waals surface area (Å²) in [5.74, 6) is -2.37. The molecule has 4 aromatic carbocycles. The normalized spacial score (nSPS) is 13.5. The van der Waals surface area contributed by atoms with Crippen molar-refractivity contribution in [2.24, 2.45) is 0 Å². The molecule has 0 atom stereocenters. The van der Waals surface area contributed by atoms with Crippen LogP contribution in [0.25, 0.3) is 0 Å². The van der Waals surface area contributed by atoms with E-state index in [0.717, 1.165) is 32.2 Å². The minimum absolute atomic E-state index is 0.119. The minimum atomic E-state index is -0.564. The fourth-order valence-corrected chi connectivity index (χ4v) is 7.06. The Balaban J connectivity index is 0.958. The molecule has 5 amide bonds. The summed E-state index contributed by atoms with van der Waals surface area (Å²) in [4.78, 5) is 90.3. The van der Waals surface area contributed by atoms with Gasteiger partial charge in [-0.05, 0) is 96.4 Å². The van der Waals surface area contributed by atoms with Gasteiger partial charge in [0.1, 0.15) is 5.82 Å². The molecule has 2 aliphatic heterocycles. The first-order valence-corrected chi connectivity index (χ1v) is 18.0. The molecule has 0 bridgehead atoms. The number of anilines is 4. The molecule has 2 aromatic heterocycles. The third-order valence-electron chi connectivity index (χ3n) is 10.4. The average molecular weight is 755 g/mol. The smallest absolute Gasteiger partial charge is 0.266 e. The van der Waals surface area contributed by atoms with E-state index in [4.69, 9.17) is 5.73 Å². The van der Waals surface area contributed by atoms with Crippen LogP contribution >= 0.6 is 0 Å². The maximum absolute atomic E-state index is 13.6. The fourth-order valence-electron chi connectivity index (χ4n) is 7.06. The van der Waals surface area contributed by atoms with Crippen molar-refractivity contribution < 1.29 is 28.8 Å². The number of nitrogen functional groups attached to an aromatic ring is 1. The Morgan fingerprint density at radius 1 is 0.614 bits per heavy atom. The van der Waals surface area contributed by atoms with Crippen LogP contribution in [0.1, 0.15) is 98.4 Å². The van der Waals surface area contributed by atoms with Crippen LogP contribution in [0, 0.1) is 6.92 Å². The Kier molecular flexibility index (Phi) is 8.88. The fraction of sp³-hybridized carbons (Fsp3) is 0.111. The highest BCUT2D eigenvalue weighted by molar-refractivity contribution is 6.35. The Labute approximate surface area is 327 Å². The van der Waals surface area contributed by atoms with E-state index in [2.05, 4.69) is 15.3 Å². The monoisotopic (exact) mass is 754 g/mol. The molecule has 0 unspecified atom stereocenters. The van der Waals surface area contributed by atoms with Crippen molar-refractivity contribution in [3.63, 3.8) is 0 Å². The second kappa shape index (κ2) is 13.9. The first kappa shape index (κ1) is 36.4. The zero-order chi connectivity index (χ0) is 40.2. The van der Waals surface area contributed by atoms with Crippen LogP contribution in [-0.2, 0) is 11.8 Å². The van der Waals surface area contributed by atoms with Crippen LogP contribution in [0.3, 0.4) is 0 Å². The number of rotatable bonds is 9. The molecule has 57 heavy (non-hydrogen) atoms. The van der Waals surface area contributed by atoms with Gasteiger partial charge in [-0.1, -0.05) is 50.2 Å². The molecule has 0 fully saturated rings. The maximum atomic E-state index is 13.6. The van der Waals surface area contributed by atoms with Crippen molar-refractivity contribution in [3.8, 4) is 0 Å². The summed E-state index contributed by atoms with van der Waals surface area (Å²) in [7, 11) is 0. The average Bonchev–Trinajstić information content (AvgIpc) is 3.62. The molecule has 0 aliphatic carbocycles. The van der Waals surface area contributed by atoms with Crippen LogP contribution in [0.2, 0.25) is 0 Å². The van der Waals surface area contributed by atoms with Crippen LogP contribution in [0.15, 0.2) is 122 Å². The SMILES string of the molecule is Cc1ccc(CC(=O)c2ccc3c(c2)C(=O)N(c2ccc(C(C)(C)c4ccc(N5C(=O)c6ccc(C(=O)Nc7ccc(N)nc7)cc6C5=O)cc4)cc2)C3=O)cn1. The molecule has 3 N–H and O–H groups in total. The molecular weight excluding hydrogens is 721 g/mol. The molecule has 0 saturated carbocycles. The van der Waals surface area contributed by atoms with Gasteiger partial charge in [0.25, 0.3) is 29.5 Å². The van der Waals surface area contributed by atoms with E-state index in [9.17, 15) is 28.8 Å². The Morgan fingerprint density at radius 3 is 1.65 bits per heavy atom. The summed E-state index contributed by atoms with van der Waals surface area (Å²) >= 11 is 0. The summed E-state index contributed by atoms with van der Waals surface area (Å²) in [5.41, 5.74) is 10.9. The van der Waals surface area contributed by atoms with Gasteiger partial charge in [0.2, 0.25) is 0 Å². The van der Waals surface area contributed by atoms with E-state index < -0.39 is 35.0 Å². The molecule has 8 rings (SSSR count). The number of carbonyl (C=O) groups excluding carboxylic acids is 6. The zero-order valence-corrected chi connectivity index (χ0v) is 31.1. The van der Waals surface area contributed by atoms with Crippen molar-refractivity contribution >= 4 is 58.2 Å². The number of amides is 5. The number of ketones is 1. The van der Waals surface area contributed by atoms with Gasteiger partial charge >= 0.3 is 0 Å². The second-order valence-electron chi connectivity index (χ2n) is 14.5. The highest BCUT2D eigenvalue weighted by Gasteiger charge is 2.39. The molecule has 280 valence electrons. The molecule has 0 spiro atoms. The number of nitrogens with zero attached hydrogens (tertiary/aromatic N) is 4. The van der Waals surface area contributed by atoms with Gasteiger partial charge in [-0.15, -0.1) is 0 Å². The van der Waals surface area contributed by atoms with Crippen molar-refractivity contribution in [2.75, 3.05) is 20.9 Å². The van der Waals surface area contributed by atoms with E-state index in [-0.39, 0.29) is 40.0 Å². The molecule has 0 radical (unpaired) electrons. The Bertz CT molecular complexity index is 2490. The maximum Gasteiger partial charge on any atom is 0.266 e. The van der Waals surface area contributed by atoms with E-state index in [1.165, 1.54) is 36.5 Å². The topological polar surface area (TPSA) is 173 Å². The minimum Gasteiger partial charge on any atom is -0.384 e. The third kappa shape index (κ3) is 6.52. The standard InChI is InChI=1S/C45H34N6O6/c1-25-4-5-26(23-47-25)20-38(52)27-6-17-34-36(21-27)43(56)50(41(34)54)32-13-8-29(9-14-32)45(2,3)30-10-15-33(16-11-30)51-42(55)35-18-7-28(22-37(35)44(51)57)40(53)49-31-12-19-39(46)48-24-31/h4-19,21-24H,20H2,1-3H3,(H2,46,48)(H,49,53). The van der Waals surface area contributed by atoms with E-state index in [1.54, 1.807) is 48.7 Å². The van der Waals surface area contributed by atoms with Gasteiger partial charge < -0.3 is 11.1 Å². The largest absolute Gasteiger partial charge is 0.384 e. The second-order valence-corrected chi connectivity index (χ2v) is 14.5. The lowest BCUT2D eigenvalue weighted by Gasteiger charge is -2.27. The van der Waals surface area contributed by atoms with Crippen molar-refractivity contribution in [3.05, 3.63) is 177 Å². The van der Waals surface area contributed by atoms with E-state index >= 15 is 0 Å². The first-order valence-electron chi connectivity index (χ1n) is 18.0. The van der Waals surface area contributed by atoms with Crippen LogP contribution < -0.4 is 20.9 Å². The van der Waals surface area contributed by atoms with E-state index in [1.807, 2.05) is 57.2 Å². The number of benzene rings is 4. The van der Waals surface area contributed by atoms with Gasteiger partial charge in [0.05, 0.1) is 45.5 Å². The van der Waals surface area contributed by atoms with Gasteiger partial charge in [-0.3, -0.25) is 33.8 Å². The number of carbonyl (C=O) groups is 6. The number of hydrogen-bond donors (Lipinski definition) is 2. The van der Waals surface area contributed by atoms with Crippen molar-refractivity contribution in [1.82, 2.24) is 9.97 Å². The summed E-state index contributed by atoms with van der Waals surface area (Å²) < 4.78 is 0. The van der Waals surface area contributed by atoms with Gasteiger partial charge in [-0.25, -0.2) is 14.8 Å². The number of nitrogens with two attached hydrogens (primary N) is 1. The summed E-state index contributed by atoms with van der Waals surface area (Å²) in [6, 6.07) is 30.0. The molecule has 0 saturated heterocycles.